The number of aromatic nitrogens is 2. The molecule has 6 nitrogen and oxygen atoms in total. The number of ketones is 1. The largest absolute Gasteiger partial charge is 0.353 e. The molecule has 0 radical (unpaired) electrons. The average Bonchev–Trinajstić information content (AvgIpc) is 3.48. The zero-order valence-electron chi connectivity index (χ0n) is 22.2. The number of anilines is 1. The van der Waals surface area contributed by atoms with Gasteiger partial charge in [-0.3, -0.25) is 9.59 Å². The molecule has 4 aromatic rings. The van der Waals surface area contributed by atoms with Crippen LogP contribution in [-0.4, -0.2) is 40.9 Å². The van der Waals surface area contributed by atoms with Gasteiger partial charge in [0, 0.05) is 34.7 Å². The second-order valence-electron chi connectivity index (χ2n) is 11.0. The van der Waals surface area contributed by atoms with Crippen molar-refractivity contribution in [3.05, 3.63) is 93.7 Å². The summed E-state index contributed by atoms with van der Waals surface area (Å²) >= 11 is 3.44. The van der Waals surface area contributed by atoms with Crippen LogP contribution in [0.5, 0.6) is 0 Å². The Labute approximate surface area is 231 Å². The molecule has 1 amide bonds. The molecule has 0 bridgehead atoms. The van der Waals surface area contributed by atoms with Crippen LogP contribution in [0.4, 0.5) is 5.69 Å². The lowest BCUT2D eigenvalue weighted by atomic mass is 9.81. The molecule has 2 aliphatic heterocycles. The molecule has 0 N–H and O–H groups in total. The fourth-order valence-electron chi connectivity index (χ4n) is 6.42. The summed E-state index contributed by atoms with van der Waals surface area (Å²) in [4.78, 5) is 31.3. The molecule has 0 spiro atoms. The molecule has 0 aliphatic carbocycles. The Hall–Kier alpha value is -3.45. The molecule has 194 valence electrons. The van der Waals surface area contributed by atoms with Gasteiger partial charge in [-0.05, 0) is 67.3 Å². The lowest BCUT2D eigenvalue weighted by molar-refractivity contribution is -0.657. The predicted octanol–water partition coefficient (Wildman–Crippen LogP) is 5.16. The number of likely N-dealkylation sites (tertiary alicyclic amines) is 1. The Bertz CT molecular complexity index is 1590. The highest BCUT2D eigenvalue weighted by molar-refractivity contribution is 9.10. The molecule has 1 aromatic heterocycles. The number of benzene rings is 3. The van der Waals surface area contributed by atoms with Gasteiger partial charge in [-0.1, -0.05) is 53.2 Å². The fourth-order valence-corrected chi connectivity index (χ4v) is 6.69. The molecular formula is C31H32BrN4O2+. The monoisotopic (exact) mass is 571 g/mol. The summed E-state index contributed by atoms with van der Waals surface area (Å²) in [6, 6.07) is 20.2. The Kier molecular flexibility index (Phi) is 5.94. The van der Waals surface area contributed by atoms with E-state index in [1.54, 1.807) is 0 Å². The van der Waals surface area contributed by atoms with Gasteiger partial charge in [-0.2, -0.15) is 0 Å². The van der Waals surface area contributed by atoms with E-state index in [0.29, 0.717) is 5.56 Å². The molecule has 0 saturated carbocycles. The number of carbonyl (C=O) groups excluding carboxylic acids is 2. The maximum atomic E-state index is 13.9. The van der Waals surface area contributed by atoms with Gasteiger partial charge >= 0.3 is 0 Å². The van der Waals surface area contributed by atoms with E-state index in [9.17, 15) is 9.59 Å². The number of hydrogen-bond donors (Lipinski definition) is 0. The lowest BCUT2D eigenvalue weighted by Crippen LogP contribution is -2.50. The van der Waals surface area contributed by atoms with Gasteiger partial charge in [-0.25, -0.2) is 9.13 Å². The summed E-state index contributed by atoms with van der Waals surface area (Å²) in [6.07, 6.45) is 2.88. The number of Topliss-reactive ketones (excluding diaryl/α,β-unsaturated/α-hetero) is 1. The first-order chi connectivity index (χ1) is 18.2. The van der Waals surface area contributed by atoms with Crippen molar-refractivity contribution in [2.24, 2.45) is 0 Å². The van der Waals surface area contributed by atoms with Crippen molar-refractivity contribution in [1.29, 1.82) is 0 Å². The molecule has 2 unspecified atom stereocenters. The van der Waals surface area contributed by atoms with Crippen LogP contribution in [-0.2, 0) is 23.3 Å². The minimum atomic E-state index is -0.0789. The molecule has 6 rings (SSSR count). The quantitative estimate of drug-likeness (QED) is 0.245. The van der Waals surface area contributed by atoms with E-state index in [1.165, 1.54) is 11.3 Å². The second kappa shape index (κ2) is 9.09. The summed E-state index contributed by atoms with van der Waals surface area (Å²) in [7, 11) is 2.10. The molecule has 2 aliphatic rings. The van der Waals surface area contributed by atoms with E-state index >= 15 is 0 Å². The van der Waals surface area contributed by atoms with Crippen LogP contribution < -0.4 is 9.47 Å². The van der Waals surface area contributed by atoms with Gasteiger partial charge in [0.05, 0.1) is 0 Å². The Morgan fingerprint density at radius 1 is 1.05 bits per heavy atom. The van der Waals surface area contributed by atoms with E-state index in [1.807, 2.05) is 44.6 Å². The summed E-state index contributed by atoms with van der Waals surface area (Å²) in [5.74, 6) is 0.131. The molecule has 3 aromatic carbocycles. The minimum Gasteiger partial charge on any atom is -0.353 e. The van der Waals surface area contributed by atoms with Crippen LogP contribution in [0.2, 0.25) is 0 Å². The summed E-state index contributed by atoms with van der Waals surface area (Å²) in [5.41, 5.74) is 7.37. The number of aryl methyl sites for hydroxylation is 2. The number of likely N-dealkylation sites (N-methyl/N-ethyl adjacent to an activating group) is 1. The number of carbonyl (C=O) groups is 2. The number of amides is 1. The standard InChI is InChI=1S/C31H32BrN4O2/c1-20-15-26-27(16-21(20)2)35(19-34(26)17-28(37)22-9-11-23(32)12-10-22)18-29(38)36-14-13-31(3)24-7-5-6-8-25(24)33(4)30(31)36/h5-12,15-16,19,30H,13-14,17-18H2,1-4H3/q+1. The third-order valence-electron chi connectivity index (χ3n) is 8.60. The SMILES string of the molecule is Cc1cc2c(cc1C)[n+](CC(=O)c1ccc(Br)cc1)cn2CC(=O)N1CCC2(C)c3ccccc3N(C)C12. The Balaban J connectivity index is 1.31. The predicted molar refractivity (Wildman–Crippen MR) is 152 cm³/mol. The highest BCUT2D eigenvalue weighted by atomic mass is 79.9. The van der Waals surface area contributed by atoms with Gasteiger partial charge in [0.2, 0.25) is 12.1 Å². The van der Waals surface area contributed by atoms with E-state index in [2.05, 4.69) is 85.0 Å². The number of imidazole rings is 1. The van der Waals surface area contributed by atoms with Crippen molar-refractivity contribution in [3.8, 4) is 0 Å². The van der Waals surface area contributed by atoms with Crippen LogP contribution in [0.3, 0.4) is 0 Å². The number of halogens is 1. The smallest absolute Gasteiger partial charge is 0.266 e. The topological polar surface area (TPSA) is 49.4 Å². The number of nitrogens with zero attached hydrogens (tertiary/aromatic N) is 4. The maximum Gasteiger partial charge on any atom is 0.266 e. The van der Waals surface area contributed by atoms with Gasteiger partial charge in [-0.15, -0.1) is 0 Å². The third-order valence-corrected chi connectivity index (χ3v) is 9.13. The highest BCUT2D eigenvalue weighted by Crippen LogP contribution is 2.51. The number of fused-ring (bicyclic) bond motifs is 4. The molecule has 1 fully saturated rings. The fraction of sp³-hybridized carbons (Fsp3) is 0.323. The van der Waals surface area contributed by atoms with Crippen molar-refractivity contribution in [2.45, 2.75) is 51.9 Å². The van der Waals surface area contributed by atoms with Gasteiger partial charge in [0.1, 0.15) is 6.17 Å². The van der Waals surface area contributed by atoms with Crippen LogP contribution in [0.15, 0.2) is 71.5 Å². The summed E-state index contributed by atoms with van der Waals surface area (Å²) in [5, 5.41) is 0. The molecule has 38 heavy (non-hydrogen) atoms. The van der Waals surface area contributed by atoms with Crippen LogP contribution in [0.25, 0.3) is 11.0 Å². The van der Waals surface area contributed by atoms with E-state index in [4.69, 9.17) is 0 Å². The lowest BCUT2D eigenvalue weighted by Gasteiger charge is -2.34. The van der Waals surface area contributed by atoms with Crippen LogP contribution >= 0.6 is 15.9 Å². The van der Waals surface area contributed by atoms with Crippen molar-refractivity contribution in [1.82, 2.24) is 9.47 Å². The van der Waals surface area contributed by atoms with Gasteiger partial charge in [0.25, 0.3) is 5.91 Å². The van der Waals surface area contributed by atoms with E-state index in [0.717, 1.165) is 39.6 Å². The third kappa shape index (κ3) is 3.87. The minimum absolute atomic E-state index is 0.00399. The molecule has 7 heteroatoms. The zero-order chi connectivity index (χ0) is 26.8. The van der Waals surface area contributed by atoms with E-state index < -0.39 is 0 Å². The zero-order valence-corrected chi connectivity index (χ0v) is 23.8. The highest BCUT2D eigenvalue weighted by Gasteiger charge is 2.54. The number of rotatable bonds is 5. The van der Waals surface area contributed by atoms with Gasteiger partial charge in [0.15, 0.2) is 24.1 Å². The average molecular weight is 573 g/mol. The normalized spacial score (nSPS) is 20.2. The van der Waals surface area contributed by atoms with Crippen molar-refractivity contribution >= 4 is 44.3 Å². The first kappa shape index (κ1) is 24.9. The van der Waals surface area contributed by atoms with Crippen molar-refractivity contribution in [3.63, 3.8) is 0 Å². The Morgan fingerprint density at radius 3 is 2.53 bits per heavy atom. The number of hydrogen-bond acceptors (Lipinski definition) is 3. The maximum absolute atomic E-state index is 13.9. The van der Waals surface area contributed by atoms with Crippen molar-refractivity contribution < 1.29 is 14.2 Å². The molecule has 3 heterocycles. The van der Waals surface area contributed by atoms with Crippen LogP contribution in [0.1, 0.15) is 40.4 Å². The summed E-state index contributed by atoms with van der Waals surface area (Å²) < 4.78 is 4.93. The molecule has 2 atom stereocenters. The molecule has 1 saturated heterocycles. The number of para-hydroxylation sites is 1. The first-order valence-corrected chi connectivity index (χ1v) is 13.9. The van der Waals surface area contributed by atoms with Gasteiger partial charge < -0.3 is 9.80 Å². The second-order valence-corrected chi connectivity index (χ2v) is 11.9. The Morgan fingerprint density at radius 2 is 1.76 bits per heavy atom. The first-order valence-electron chi connectivity index (χ1n) is 13.1. The van der Waals surface area contributed by atoms with Crippen molar-refractivity contribution in [2.75, 3.05) is 18.5 Å². The van der Waals surface area contributed by atoms with Crippen LogP contribution in [0, 0.1) is 13.8 Å². The van der Waals surface area contributed by atoms with E-state index in [-0.39, 0.29) is 36.4 Å². The molecular weight excluding hydrogens is 540 g/mol. The summed E-state index contributed by atoms with van der Waals surface area (Å²) in [6.45, 7) is 7.63.